The SMILES string of the molecule is CC(C)c1[nH]nc(NS(=O)(=O)c2cccc3nsnc23)c1C#N. The summed E-state index contributed by atoms with van der Waals surface area (Å²) in [5.41, 5.74) is 1.57. The van der Waals surface area contributed by atoms with Gasteiger partial charge in [-0.1, -0.05) is 19.9 Å². The van der Waals surface area contributed by atoms with Crippen molar-refractivity contribution in [1.29, 1.82) is 5.26 Å². The lowest BCUT2D eigenvalue weighted by Crippen LogP contribution is -2.14. The van der Waals surface area contributed by atoms with Gasteiger partial charge in [-0.15, -0.1) is 0 Å². The molecule has 0 radical (unpaired) electrons. The highest BCUT2D eigenvalue weighted by Crippen LogP contribution is 2.27. The number of nitrogens with one attached hydrogen (secondary N) is 2. The van der Waals surface area contributed by atoms with Crippen molar-refractivity contribution in [3.8, 4) is 6.07 Å². The molecule has 0 fully saturated rings. The first-order valence-electron chi connectivity index (χ1n) is 6.66. The molecule has 0 spiro atoms. The molecule has 3 aromatic rings. The third-order valence-electron chi connectivity index (χ3n) is 3.25. The number of aromatic amines is 1. The monoisotopic (exact) mass is 348 g/mol. The molecule has 0 aliphatic carbocycles. The maximum atomic E-state index is 12.6. The highest BCUT2D eigenvalue weighted by atomic mass is 32.2. The van der Waals surface area contributed by atoms with Gasteiger partial charge in [-0.05, 0) is 18.1 Å². The second-order valence-corrected chi connectivity index (χ2v) is 7.30. The quantitative estimate of drug-likeness (QED) is 0.745. The minimum atomic E-state index is -3.93. The second-order valence-electron chi connectivity index (χ2n) is 5.12. The summed E-state index contributed by atoms with van der Waals surface area (Å²) in [6, 6.07) is 6.70. The van der Waals surface area contributed by atoms with Crippen LogP contribution >= 0.6 is 11.7 Å². The van der Waals surface area contributed by atoms with Gasteiger partial charge in [0.05, 0.1) is 17.4 Å². The van der Waals surface area contributed by atoms with Crippen LogP contribution in [0.25, 0.3) is 11.0 Å². The molecule has 0 bridgehead atoms. The molecule has 0 aliphatic heterocycles. The lowest BCUT2D eigenvalue weighted by atomic mass is 10.1. The van der Waals surface area contributed by atoms with Crippen LogP contribution in [0.1, 0.15) is 31.0 Å². The number of hydrogen-bond donors (Lipinski definition) is 2. The fourth-order valence-electron chi connectivity index (χ4n) is 2.14. The van der Waals surface area contributed by atoms with Crippen molar-refractivity contribution < 1.29 is 8.42 Å². The minimum absolute atomic E-state index is 0.00161. The van der Waals surface area contributed by atoms with Crippen molar-refractivity contribution in [1.82, 2.24) is 18.9 Å². The lowest BCUT2D eigenvalue weighted by Gasteiger charge is -2.06. The summed E-state index contributed by atoms with van der Waals surface area (Å²) in [5.74, 6) is -0.00188. The Morgan fingerprint density at radius 3 is 2.83 bits per heavy atom. The Labute approximate surface area is 136 Å². The van der Waals surface area contributed by atoms with E-state index in [2.05, 4.69) is 23.7 Å². The first kappa shape index (κ1) is 15.4. The molecule has 2 heterocycles. The van der Waals surface area contributed by atoms with E-state index in [1.807, 2.05) is 19.9 Å². The molecule has 118 valence electrons. The van der Waals surface area contributed by atoms with E-state index in [1.54, 1.807) is 12.1 Å². The zero-order valence-electron chi connectivity index (χ0n) is 12.2. The number of hydrogen-bond acceptors (Lipinski definition) is 7. The van der Waals surface area contributed by atoms with Gasteiger partial charge < -0.3 is 0 Å². The van der Waals surface area contributed by atoms with Crippen molar-refractivity contribution in [2.75, 3.05) is 4.72 Å². The summed E-state index contributed by atoms with van der Waals surface area (Å²) in [5, 5.41) is 15.9. The summed E-state index contributed by atoms with van der Waals surface area (Å²) in [6.07, 6.45) is 0. The topological polar surface area (TPSA) is 124 Å². The maximum absolute atomic E-state index is 12.6. The van der Waals surface area contributed by atoms with Gasteiger partial charge in [0.2, 0.25) is 0 Å². The van der Waals surface area contributed by atoms with Gasteiger partial charge in [-0.25, -0.2) is 8.42 Å². The number of benzene rings is 1. The predicted octanol–water partition coefficient (Wildman–Crippen LogP) is 2.21. The van der Waals surface area contributed by atoms with E-state index >= 15 is 0 Å². The number of aromatic nitrogens is 4. The summed E-state index contributed by atoms with van der Waals surface area (Å²) in [7, 11) is -3.93. The molecule has 3 rings (SSSR count). The van der Waals surface area contributed by atoms with Crippen LogP contribution in [0.3, 0.4) is 0 Å². The van der Waals surface area contributed by atoms with Crippen LogP contribution < -0.4 is 4.72 Å². The number of fused-ring (bicyclic) bond motifs is 1. The van der Waals surface area contributed by atoms with E-state index in [0.29, 0.717) is 16.7 Å². The second kappa shape index (κ2) is 5.60. The number of anilines is 1. The van der Waals surface area contributed by atoms with Crippen LogP contribution in [-0.2, 0) is 10.0 Å². The fourth-order valence-corrected chi connectivity index (χ4v) is 3.92. The van der Waals surface area contributed by atoms with Crippen LogP contribution in [0.4, 0.5) is 5.82 Å². The fraction of sp³-hybridized carbons (Fsp3) is 0.231. The van der Waals surface area contributed by atoms with Crippen molar-refractivity contribution in [3.63, 3.8) is 0 Å². The Hall–Kier alpha value is -2.51. The van der Waals surface area contributed by atoms with Gasteiger partial charge in [0.1, 0.15) is 27.6 Å². The molecule has 8 nitrogen and oxygen atoms in total. The van der Waals surface area contributed by atoms with Crippen molar-refractivity contribution in [2.24, 2.45) is 0 Å². The lowest BCUT2D eigenvalue weighted by molar-refractivity contribution is 0.601. The first-order valence-corrected chi connectivity index (χ1v) is 8.88. The molecule has 0 atom stereocenters. The Balaban J connectivity index is 2.06. The van der Waals surface area contributed by atoms with Crippen LogP contribution in [-0.4, -0.2) is 27.4 Å². The molecule has 10 heteroatoms. The standard InChI is InChI=1S/C13H12N6O2S2/c1-7(2)11-8(6-14)13(16-15-11)19-23(20,21)10-5-3-4-9-12(10)18-22-17-9/h3-5,7H,1-2H3,(H2,15,16,19). The van der Waals surface area contributed by atoms with Gasteiger partial charge >= 0.3 is 0 Å². The van der Waals surface area contributed by atoms with Gasteiger partial charge in [-0.2, -0.15) is 19.1 Å². The molecule has 0 saturated heterocycles. The summed E-state index contributed by atoms with van der Waals surface area (Å²) < 4.78 is 35.6. The molecule has 23 heavy (non-hydrogen) atoms. The molecule has 2 N–H and O–H groups in total. The maximum Gasteiger partial charge on any atom is 0.265 e. The van der Waals surface area contributed by atoms with E-state index in [4.69, 9.17) is 0 Å². The predicted molar refractivity (Wildman–Crippen MR) is 85.6 cm³/mol. The van der Waals surface area contributed by atoms with Gasteiger partial charge in [0.25, 0.3) is 10.0 Å². The molecule has 2 aromatic heterocycles. The van der Waals surface area contributed by atoms with Crippen LogP contribution in [0.5, 0.6) is 0 Å². The smallest absolute Gasteiger partial charge is 0.265 e. The number of nitriles is 1. The average Bonchev–Trinajstić information content (AvgIpc) is 3.12. The molecule has 1 aromatic carbocycles. The summed E-state index contributed by atoms with van der Waals surface area (Å²) in [6.45, 7) is 3.77. The van der Waals surface area contributed by atoms with Crippen molar-refractivity contribution in [2.45, 2.75) is 24.7 Å². The molecular weight excluding hydrogens is 336 g/mol. The van der Waals surface area contributed by atoms with E-state index in [-0.39, 0.29) is 22.2 Å². The van der Waals surface area contributed by atoms with E-state index < -0.39 is 10.0 Å². The van der Waals surface area contributed by atoms with Crippen LogP contribution in [0, 0.1) is 11.3 Å². The highest BCUT2D eigenvalue weighted by molar-refractivity contribution is 7.93. The normalized spacial score (nSPS) is 11.7. The van der Waals surface area contributed by atoms with Crippen LogP contribution in [0.15, 0.2) is 23.1 Å². The van der Waals surface area contributed by atoms with Gasteiger partial charge in [0, 0.05) is 0 Å². The third-order valence-corrected chi connectivity index (χ3v) is 5.17. The molecular formula is C13H12N6O2S2. The Kier molecular flexibility index (Phi) is 3.75. The Morgan fingerprint density at radius 2 is 2.13 bits per heavy atom. The largest absolute Gasteiger partial charge is 0.279 e. The molecule has 0 aliphatic rings. The van der Waals surface area contributed by atoms with E-state index in [9.17, 15) is 13.7 Å². The number of rotatable bonds is 4. The van der Waals surface area contributed by atoms with E-state index in [1.165, 1.54) is 6.07 Å². The van der Waals surface area contributed by atoms with Gasteiger partial charge in [-0.3, -0.25) is 9.82 Å². The Morgan fingerprint density at radius 1 is 1.35 bits per heavy atom. The average molecular weight is 348 g/mol. The van der Waals surface area contributed by atoms with Gasteiger partial charge in [0.15, 0.2) is 5.82 Å². The first-order chi connectivity index (χ1) is 10.9. The zero-order chi connectivity index (χ0) is 16.6. The molecule has 0 unspecified atom stereocenters. The summed E-state index contributed by atoms with van der Waals surface area (Å²) in [4.78, 5) is 0.00161. The summed E-state index contributed by atoms with van der Waals surface area (Å²) >= 11 is 0.939. The zero-order valence-corrected chi connectivity index (χ0v) is 13.9. The number of nitrogens with zero attached hydrogens (tertiary/aromatic N) is 4. The minimum Gasteiger partial charge on any atom is -0.279 e. The molecule has 0 saturated carbocycles. The van der Waals surface area contributed by atoms with Crippen LogP contribution in [0.2, 0.25) is 0 Å². The van der Waals surface area contributed by atoms with E-state index in [0.717, 1.165) is 11.7 Å². The third kappa shape index (κ3) is 2.64. The van der Waals surface area contributed by atoms with Crippen molar-refractivity contribution >= 4 is 38.6 Å². The van der Waals surface area contributed by atoms with Crippen molar-refractivity contribution in [3.05, 3.63) is 29.5 Å². The number of H-pyrrole nitrogens is 1. The Bertz CT molecular complexity index is 1010. The number of sulfonamides is 1. The molecule has 0 amide bonds. The highest BCUT2D eigenvalue weighted by Gasteiger charge is 2.24.